The molecule has 1 rings (SSSR count). The number of carbonyl (C=O) groups is 2. The summed E-state index contributed by atoms with van der Waals surface area (Å²) in [5.74, 6) is -0.606. The zero-order valence-electron chi connectivity index (χ0n) is 16.2. The smallest absolute Gasteiger partial charge is 0.242 e. The number of carbonyl (C=O) groups excluding carboxylic acids is 2. The second-order valence-corrected chi connectivity index (χ2v) is 9.22. The SMILES string of the molecule is CC(NC(=O)C1CCCCN1C)C(=O)NC(C)C(O)CN(C)S(C)(=O)=O. The Balaban J connectivity index is 2.51. The van der Waals surface area contributed by atoms with E-state index in [9.17, 15) is 23.1 Å². The van der Waals surface area contributed by atoms with Gasteiger partial charge in [0.2, 0.25) is 21.8 Å². The molecule has 152 valence electrons. The first kappa shape index (κ1) is 22.8. The minimum absolute atomic E-state index is 0.131. The number of amides is 2. The molecule has 0 saturated carbocycles. The molecule has 3 N–H and O–H groups in total. The molecule has 0 radical (unpaired) electrons. The van der Waals surface area contributed by atoms with Crippen molar-refractivity contribution in [1.82, 2.24) is 19.8 Å². The van der Waals surface area contributed by atoms with Gasteiger partial charge in [0.05, 0.1) is 24.4 Å². The largest absolute Gasteiger partial charge is 0.390 e. The Hall–Kier alpha value is -1.23. The van der Waals surface area contributed by atoms with Crippen molar-refractivity contribution in [3.63, 3.8) is 0 Å². The molecule has 0 aromatic carbocycles. The zero-order valence-corrected chi connectivity index (χ0v) is 17.0. The summed E-state index contributed by atoms with van der Waals surface area (Å²) in [7, 11) is -0.159. The van der Waals surface area contributed by atoms with Gasteiger partial charge in [-0.2, -0.15) is 0 Å². The monoisotopic (exact) mass is 392 g/mol. The molecule has 1 saturated heterocycles. The van der Waals surface area contributed by atoms with E-state index in [4.69, 9.17) is 0 Å². The third kappa shape index (κ3) is 6.82. The van der Waals surface area contributed by atoms with Gasteiger partial charge in [-0.05, 0) is 40.3 Å². The number of piperidine rings is 1. The number of likely N-dealkylation sites (N-methyl/N-ethyl adjacent to an activating group) is 2. The van der Waals surface area contributed by atoms with E-state index in [2.05, 4.69) is 10.6 Å². The van der Waals surface area contributed by atoms with Gasteiger partial charge in [-0.1, -0.05) is 6.42 Å². The Morgan fingerprint density at radius 2 is 1.88 bits per heavy atom. The van der Waals surface area contributed by atoms with Gasteiger partial charge in [0, 0.05) is 13.6 Å². The van der Waals surface area contributed by atoms with Gasteiger partial charge in [-0.3, -0.25) is 14.5 Å². The van der Waals surface area contributed by atoms with Crippen LogP contribution < -0.4 is 10.6 Å². The van der Waals surface area contributed by atoms with Gasteiger partial charge in [0.25, 0.3) is 0 Å². The molecule has 4 unspecified atom stereocenters. The van der Waals surface area contributed by atoms with Crippen LogP contribution >= 0.6 is 0 Å². The second kappa shape index (κ2) is 9.63. The maximum atomic E-state index is 12.3. The van der Waals surface area contributed by atoms with Gasteiger partial charge >= 0.3 is 0 Å². The van der Waals surface area contributed by atoms with Crippen LogP contribution in [0.1, 0.15) is 33.1 Å². The zero-order chi connectivity index (χ0) is 20.1. The maximum Gasteiger partial charge on any atom is 0.242 e. The van der Waals surface area contributed by atoms with E-state index in [0.29, 0.717) is 0 Å². The van der Waals surface area contributed by atoms with Crippen molar-refractivity contribution >= 4 is 21.8 Å². The summed E-state index contributed by atoms with van der Waals surface area (Å²) in [6.45, 7) is 3.89. The predicted molar refractivity (Wildman–Crippen MR) is 99.0 cm³/mol. The van der Waals surface area contributed by atoms with Gasteiger partial charge in [-0.15, -0.1) is 0 Å². The van der Waals surface area contributed by atoms with E-state index >= 15 is 0 Å². The molecule has 1 aliphatic rings. The third-order valence-electron chi connectivity index (χ3n) is 4.78. The van der Waals surface area contributed by atoms with Gasteiger partial charge < -0.3 is 15.7 Å². The molecule has 1 heterocycles. The van der Waals surface area contributed by atoms with E-state index in [1.165, 1.54) is 7.05 Å². The van der Waals surface area contributed by atoms with Crippen LogP contribution in [-0.2, 0) is 19.6 Å². The fourth-order valence-corrected chi connectivity index (χ4v) is 3.21. The number of likely N-dealkylation sites (tertiary alicyclic amines) is 1. The fraction of sp³-hybridized carbons (Fsp3) is 0.875. The molecular formula is C16H32N4O5S. The van der Waals surface area contributed by atoms with Crippen LogP contribution in [0.15, 0.2) is 0 Å². The summed E-state index contributed by atoms with van der Waals surface area (Å²) < 4.78 is 23.8. The highest BCUT2D eigenvalue weighted by molar-refractivity contribution is 7.88. The first-order chi connectivity index (χ1) is 11.9. The number of hydrogen-bond acceptors (Lipinski definition) is 6. The minimum atomic E-state index is -3.41. The normalized spacial score (nSPS) is 22.5. The number of sulfonamides is 1. The van der Waals surface area contributed by atoms with Crippen LogP contribution in [0.4, 0.5) is 0 Å². The number of nitrogens with one attached hydrogen (secondary N) is 2. The van der Waals surface area contributed by atoms with Gasteiger partial charge in [0.1, 0.15) is 6.04 Å². The summed E-state index contributed by atoms with van der Waals surface area (Å²) in [5, 5.41) is 15.4. The Kier molecular flexibility index (Phi) is 8.45. The van der Waals surface area contributed by atoms with E-state index in [1.54, 1.807) is 13.8 Å². The van der Waals surface area contributed by atoms with Crippen molar-refractivity contribution in [3.8, 4) is 0 Å². The van der Waals surface area contributed by atoms with Crippen molar-refractivity contribution in [3.05, 3.63) is 0 Å². The van der Waals surface area contributed by atoms with E-state index in [0.717, 1.165) is 36.4 Å². The lowest BCUT2D eigenvalue weighted by Crippen LogP contribution is -2.55. The standard InChI is InChI=1S/C16H32N4O5S/c1-11(14(21)10-20(4)26(5,24)25)17-15(22)12(2)18-16(23)13-8-6-7-9-19(13)3/h11-14,21H,6-10H2,1-5H3,(H,17,22)(H,18,23). The fourth-order valence-electron chi connectivity index (χ4n) is 2.78. The lowest BCUT2D eigenvalue weighted by atomic mass is 10.0. The summed E-state index contributed by atoms with van der Waals surface area (Å²) in [4.78, 5) is 26.6. The molecule has 4 atom stereocenters. The lowest BCUT2D eigenvalue weighted by molar-refractivity contribution is -0.132. The molecular weight excluding hydrogens is 360 g/mol. The van der Waals surface area contributed by atoms with Crippen LogP contribution in [-0.4, -0.2) is 92.2 Å². The average Bonchev–Trinajstić information content (AvgIpc) is 2.53. The quantitative estimate of drug-likeness (QED) is 0.474. The van der Waals surface area contributed by atoms with Gasteiger partial charge in [-0.25, -0.2) is 12.7 Å². The molecule has 1 aliphatic heterocycles. The second-order valence-electron chi connectivity index (χ2n) is 7.13. The van der Waals surface area contributed by atoms with Crippen molar-refractivity contribution in [2.45, 2.75) is 57.3 Å². The van der Waals surface area contributed by atoms with E-state index < -0.39 is 34.1 Å². The van der Waals surface area contributed by atoms with Crippen LogP contribution in [0.2, 0.25) is 0 Å². The number of aliphatic hydroxyl groups is 1. The first-order valence-electron chi connectivity index (χ1n) is 8.83. The Morgan fingerprint density at radius 1 is 1.27 bits per heavy atom. The Bertz CT molecular complexity index is 597. The topological polar surface area (TPSA) is 119 Å². The molecule has 2 amide bonds. The molecule has 0 bridgehead atoms. The predicted octanol–water partition coefficient (Wildman–Crippen LogP) is -1.27. The molecule has 0 aromatic heterocycles. The summed E-state index contributed by atoms with van der Waals surface area (Å²) >= 11 is 0. The third-order valence-corrected chi connectivity index (χ3v) is 6.06. The van der Waals surface area contributed by atoms with E-state index in [-0.39, 0.29) is 18.5 Å². The van der Waals surface area contributed by atoms with Crippen molar-refractivity contribution in [2.24, 2.45) is 0 Å². The summed E-state index contributed by atoms with van der Waals surface area (Å²) in [6.07, 6.45) is 2.80. The van der Waals surface area contributed by atoms with Crippen LogP contribution in [0.5, 0.6) is 0 Å². The Labute approximate surface area is 156 Å². The average molecular weight is 393 g/mol. The van der Waals surface area contributed by atoms with Crippen LogP contribution in [0.25, 0.3) is 0 Å². The van der Waals surface area contributed by atoms with Crippen molar-refractivity contribution in [1.29, 1.82) is 0 Å². The number of rotatable bonds is 8. The molecule has 10 heteroatoms. The van der Waals surface area contributed by atoms with Crippen molar-refractivity contribution in [2.75, 3.05) is 33.4 Å². The minimum Gasteiger partial charge on any atom is -0.390 e. The summed E-state index contributed by atoms with van der Waals surface area (Å²) in [6, 6.07) is -1.64. The molecule has 1 fully saturated rings. The molecule has 0 aliphatic carbocycles. The number of nitrogens with zero attached hydrogens (tertiary/aromatic N) is 2. The highest BCUT2D eigenvalue weighted by Crippen LogP contribution is 2.15. The van der Waals surface area contributed by atoms with Crippen molar-refractivity contribution < 1.29 is 23.1 Å². The van der Waals surface area contributed by atoms with Crippen LogP contribution in [0, 0.1) is 0 Å². The summed E-state index contributed by atoms with van der Waals surface area (Å²) in [5.41, 5.74) is 0. The number of aliphatic hydroxyl groups excluding tert-OH is 1. The lowest BCUT2D eigenvalue weighted by Gasteiger charge is -2.32. The van der Waals surface area contributed by atoms with Crippen LogP contribution in [0.3, 0.4) is 0 Å². The highest BCUT2D eigenvalue weighted by atomic mass is 32.2. The maximum absolute atomic E-state index is 12.3. The number of hydrogen-bond donors (Lipinski definition) is 3. The highest BCUT2D eigenvalue weighted by Gasteiger charge is 2.29. The van der Waals surface area contributed by atoms with Gasteiger partial charge in [0.15, 0.2) is 0 Å². The molecule has 9 nitrogen and oxygen atoms in total. The molecule has 0 spiro atoms. The molecule has 26 heavy (non-hydrogen) atoms. The first-order valence-corrected chi connectivity index (χ1v) is 10.7. The van der Waals surface area contributed by atoms with E-state index in [1.807, 2.05) is 11.9 Å². The Morgan fingerprint density at radius 3 is 2.42 bits per heavy atom. The molecule has 0 aromatic rings.